The van der Waals surface area contributed by atoms with Crippen LogP contribution in [0.4, 0.5) is 5.69 Å². The molecule has 134 valence electrons. The van der Waals surface area contributed by atoms with Crippen molar-refractivity contribution in [1.82, 2.24) is 0 Å². The fraction of sp³-hybridized carbons (Fsp3) is 0.174. The van der Waals surface area contributed by atoms with E-state index in [1.807, 2.05) is 42.5 Å². The van der Waals surface area contributed by atoms with Crippen molar-refractivity contribution in [2.24, 2.45) is 0 Å². The third-order valence-corrected chi connectivity index (χ3v) is 5.10. The molecular weight excluding hydrogens is 333 g/mol. The summed E-state index contributed by atoms with van der Waals surface area (Å²) in [6.07, 6.45) is 0.965. The Kier molecular flexibility index (Phi) is 4.82. The molecule has 0 atom stereocenters. The smallest absolute Gasteiger partial charge is 0.362 e. The van der Waals surface area contributed by atoms with Crippen LogP contribution in [0.25, 0.3) is 0 Å². The predicted octanol–water partition coefficient (Wildman–Crippen LogP) is 3.45. The Morgan fingerprint density at radius 2 is 1.78 bits per heavy atom. The van der Waals surface area contributed by atoms with Crippen molar-refractivity contribution in [1.29, 1.82) is 0 Å². The zero-order chi connectivity index (χ0) is 18.8. The summed E-state index contributed by atoms with van der Waals surface area (Å²) < 4.78 is 6.01. The molecule has 0 aliphatic carbocycles. The molecule has 0 spiro atoms. The van der Waals surface area contributed by atoms with Crippen LogP contribution in [0.3, 0.4) is 0 Å². The lowest BCUT2D eigenvalue weighted by molar-refractivity contribution is 0.102. The van der Waals surface area contributed by atoms with Crippen LogP contribution in [-0.4, -0.2) is 12.8 Å². The van der Waals surface area contributed by atoms with Gasteiger partial charge in [0.15, 0.2) is 0 Å². The number of benzene rings is 3. The van der Waals surface area contributed by atoms with E-state index in [9.17, 15) is 4.79 Å². The van der Waals surface area contributed by atoms with E-state index in [0.717, 1.165) is 23.0 Å². The largest absolute Gasteiger partial charge is 0.423 e. The van der Waals surface area contributed by atoms with Gasteiger partial charge in [0.25, 0.3) is 5.91 Å². The molecule has 4 heteroatoms. The summed E-state index contributed by atoms with van der Waals surface area (Å²) in [6, 6.07) is 22.2. The molecule has 4 rings (SSSR count). The Morgan fingerprint density at radius 1 is 1.04 bits per heavy atom. The van der Waals surface area contributed by atoms with Crippen molar-refractivity contribution in [2.45, 2.75) is 26.9 Å². The fourth-order valence-electron chi connectivity index (χ4n) is 3.42. The minimum absolute atomic E-state index is 0.0821. The standard InChI is InChI=1S/C23H22BNO2/c1-3-17-6-8-18(9-7-17)23(26)25-21-13-10-19-15-27-24(22(19)14-21)20-11-4-16(2)5-12-20/h4-14H,3,15H2,1-2H3,(H,25,26). The number of rotatable bonds is 4. The van der Waals surface area contributed by atoms with Crippen molar-refractivity contribution in [3.8, 4) is 0 Å². The summed E-state index contributed by atoms with van der Waals surface area (Å²) >= 11 is 0. The van der Waals surface area contributed by atoms with E-state index < -0.39 is 0 Å². The molecule has 1 N–H and O–H groups in total. The molecular formula is C23H22BNO2. The lowest BCUT2D eigenvalue weighted by Gasteiger charge is -2.10. The Hall–Kier alpha value is -2.85. The number of amides is 1. The number of hydrogen-bond acceptors (Lipinski definition) is 2. The maximum atomic E-state index is 12.6. The van der Waals surface area contributed by atoms with Crippen LogP contribution in [0.5, 0.6) is 0 Å². The van der Waals surface area contributed by atoms with Gasteiger partial charge < -0.3 is 9.97 Å². The van der Waals surface area contributed by atoms with Crippen LogP contribution in [0.15, 0.2) is 66.7 Å². The van der Waals surface area contributed by atoms with E-state index in [1.165, 1.54) is 16.7 Å². The second-order valence-corrected chi connectivity index (χ2v) is 7.02. The number of nitrogens with one attached hydrogen (secondary N) is 1. The van der Waals surface area contributed by atoms with Crippen LogP contribution in [-0.2, 0) is 17.7 Å². The Balaban J connectivity index is 1.56. The average molecular weight is 355 g/mol. The van der Waals surface area contributed by atoms with Gasteiger partial charge in [-0.15, -0.1) is 0 Å². The number of fused-ring (bicyclic) bond motifs is 1. The first-order chi connectivity index (χ1) is 13.1. The van der Waals surface area contributed by atoms with Crippen molar-refractivity contribution < 1.29 is 9.45 Å². The van der Waals surface area contributed by atoms with Gasteiger partial charge in [0, 0.05) is 11.3 Å². The molecule has 0 unspecified atom stereocenters. The number of carbonyl (C=O) groups excluding carboxylic acids is 1. The van der Waals surface area contributed by atoms with E-state index in [4.69, 9.17) is 4.65 Å². The van der Waals surface area contributed by atoms with Crippen LogP contribution < -0.4 is 16.2 Å². The molecule has 3 nitrogen and oxygen atoms in total. The Bertz CT molecular complexity index is 965. The van der Waals surface area contributed by atoms with Gasteiger partial charge in [0.2, 0.25) is 0 Å². The highest BCUT2D eigenvalue weighted by atomic mass is 16.4. The number of carbonyl (C=O) groups is 1. The van der Waals surface area contributed by atoms with Crippen molar-refractivity contribution >= 4 is 29.4 Å². The maximum Gasteiger partial charge on any atom is 0.362 e. The second kappa shape index (κ2) is 7.41. The van der Waals surface area contributed by atoms with Crippen LogP contribution in [0.2, 0.25) is 0 Å². The summed E-state index contributed by atoms with van der Waals surface area (Å²) in [7, 11) is 0. The average Bonchev–Trinajstić information content (AvgIpc) is 3.12. The zero-order valence-electron chi connectivity index (χ0n) is 15.7. The predicted molar refractivity (Wildman–Crippen MR) is 111 cm³/mol. The minimum atomic E-state index is -0.0941. The first-order valence-electron chi connectivity index (χ1n) is 9.35. The summed E-state index contributed by atoms with van der Waals surface area (Å²) in [5.74, 6) is -0.0941. The monoisotopic (exact) mass is 355 g/mol. The zero-order valence-corrected chi connectivity index (χ0v) is 15.7. The highest BCUT2D eigenvalue weighted by Gasteiger charge is 2.30. The van der Waals surface area contributed by atoms with Gasteiger partial charge in [-0.2, -0.15) is 0 Å². The van der Waals surface area contributed by atoms with Crippen LogP contribution >= 0.6 is 0 Å². The Morgan fingerprint density at radius 3 is 2.48 bits per heavy atom. The van der Waals surface area contributed by atoms with Crippen molar-refractivity contribution in [3.63, 3.8) is 0 Å². The first-order valence-corrected chi connectivity index (χ1v) is 9.35. The lowest BCUT2D eigenvalue weighted by Crippen LogP contribution is -2.41. The Labute approximate surface area is 160 Å². The van der Waals surface area contributed by atoms with E-state index in [-0.39, 0.29) is 12.8 Å². The van der Waals surface area contributed by atoms with E-state index >= 15 is 0 Å². The van der Waals surface area contributed by atoms with Gasteiger partial charge in [-0.3, -0.25) is 4.79 Å². The fourth-order valence-corrected chi connectivity index (χ4v) is 3.42. The highest BCUT2D eigenvalue weighted by molar-refractivity contribution is 6.81. The van der Waals surface area contributed by atoms with E-state index in [0.29, 0.717) is 12.2 Å². The molecule has 3 aromatic rings. The van der Waals surface area contributed by atoms with Gasteiger partial charge in [-0.1, -0.05) is 55.0 Å². The highest BCUT2D eigenvalue weighted by Crippen LogP contribution is 2.17. The summed E-state index contributed by atoms with van der Waals surface area (Å²) in [6.45, 7) is 4.70. The van der Waals surface area contributed by atoms with Gasteiger partial charge in [0.05, 0.1) is 6.61 Å². The molecule has 0 bridgehead atoms. The van der Waals surface area contributed by atoms with Crippen molar-refractivity contribution in [3.05, 3.63) is 89.0 Å². The SMILES string of the molecule is CCc1ccc(C(=O)Nc2ccc3c(c2)B(c2ccc(C)cc2)OC3)cc1. The second-order valence-electron chi connectivity index (χ2n) is 7.02. The lowest BCUT2D eigenvalue weighted by atomic mass is 9.56. The molecule has 1 heterocycles. The van der Waals surface area contributed by atoms with Gasteiger partial charge >= 0.3 is 6.92 Å². The van der Waals surface area contributed by atoms with Gasteiger partial charge in [-0.25, -0.2) is 0 Å². The third kappa shape index (κ3) is 3.67. The minimum Gasteiger partial charge on any atom is -0.423 e. The normalized spacial score (nSPS) is 12.7. The molecule has 0 fully saturated rings. The maximum absolute atomic E-state index is 12.6. The van der Waals surface area contributed by atoms with E-state index in [2.05, 4.69) is 43.4 Å². The van der Waals surface area contributed by atoms with Gasteiger partial charge in [-0.05, 0) is 59.7 Å². The molecule has 1 aliphatic heterocycles. The van der Waals surface area contributed by atoms with Crippen LogP contribution in [0.1, 0.15) is 34.0 Å². The van der Waals surface area contributed by atoms with Gasteiger partial charge in [0.1, 0.15) is 0 Å². The number of anilines is 1. The molecule has 0 saturated carbocycles. The summed E-state index contributed by atoms with van der Waals surface area (Å²) in [5.41, 5.74) is 7.34. The molecule has 1 aliphatic rings. The number of aryl methyl sites for hydroxylation is 2. The summed E-state index contributed by atoms with van der Waals surface area (Å²) in [5, 5.41) is 3.01. The summed E-state index contributed by atoms with van der Waals surface area (Å²) in [4.78, 5) is 12.6. The molecule has 3 aromatic carbocycles. The third-order valence-electron chi connectivity index (χ3n) is 5.10. The first kappa shape index (κ1) is 17.6. The molecule has 27 heavy (non-hydrogen) atoms. The molecule has 1 amide bonds. The van der Waals surface area contributed by atoms with Crippen molar-refractivity contribution in [2.75, 3.05) is 5.32 Å². The molecule has 0 saturated heterocycles. The topological polar surface area (TPSA) is 38.3 Å². The quantitative estimate of drug-likeness (QED) is 0.728. The molecule has 0 aromatic heterocycles. The van der Waals surface area contributed by atoms with E-state index in [1.54, 1.807) is 0 Å². The molecule has 0 radical (unpaired) electrons. The number of hydrogen-bond donors (Lipinski definition) is 1. The van der Waals surface area contributed by atoms with Crippen LogP contribution in [0, 0.1) is 6.92 Å².